The number of unbranched alkanes of at least 4 members (excludes halogenated alkanes) is 2. The first-order valence-corrected chi connectivity index (χ1v) is 7.89. The Bertz CT molecular complexity index is 483. The number of carbonyl (C=O) groups excluding carboxylic acids is 2. The highest BCUT2D eigenvalue weighted by atomic mass is 16.2. The van der Waals surface area contributed by atoms with Gasteiger partial charge in [0, 0.05) is 5.69 Å². The smallest absolute Gasteiger partial charge is 0.312 e. The predicted molar refractivity (Wildman–Crippen MR) is 89.6 cm³/mol. The van der Waals surface area contributed by atoms with Crippen LogP contribution >= 0.6 is 0 Å². The molecule has 3 amide bonds. The zero-order valence-electron chi connectivity index (χ0n) is 13.7. The van der Waals surface area contributed by atoms with Gasteiger partial charge in [-0.2, -0.15) is 0 Å². The summed E-state index contributed by atoms with van der Waals surface area (Å²) < 4.78 is 0. The number of amides is 3. The van der Waals surface area contributed by atoms with Gasteiger partial charge in [-0.3, -0.25) is 4.79 Å². The molecule has 0 saturated heterocycles. The number of nitrogens with two attached hydrogens (primary N) is 1. The molecule has 0 saturated carbocycles. The molecule has 1 aromatic rings. The number of aryl methyl sites for hydroxylation is 1. The standard InChI is InChI=1S/C17H27N3O2/c1-4-5-6-7-13-8-10-14(11-9-13)19-16(21)15(12(2)3)20-17(18)22/h8-12,15H,4-7H2,1-3H3,(H,19,21)(H3,18,20,22). The van der Waals surface area contributed by atoms with Crippen molar-refractivity contribution in [3.63, 3.8) is 0 Å². The zero-order chi connectivity index (χ0) is 16.5. The van der Waals surface area contributed by atoms with Crippen LogP contribution in [0.1, 0.15) is 45.6 Å². The summed E-state index contributed by atoms with van der Waals surface area (Å²) in [6, 6.07) is 6.50. The molecule has 0 aliphatic rings. The number of urea groups is 1. The van der Waals surface area contributed by atoms with E-state index in [1.165, 1.54) is 24.8 Å². The number of hydrogen-bond donors (Lipinski definition) is 3. The Labute approximate surface area is 132 Å². The molecule has 5 nitrogen and oxygen atoms in total. The van der Waals surface area contributed by atoms with Crippen molar-refractivity contribution in [3.05, 3.63) is 29.8 Å². The van der Waals surface area contributed by atoms with Crippen LogP contribution in [0.15, 0.2) is 24.3 Å². The Morgan fingerprint density at radius 2 is 1.77 bits per heavy atom. The average Bonchev–Trinajstić information content (AvgIpc) is 2.46. The Morgan fingerprint density at radius 3 is 2.27 bits per heavy atom. The lowest BCUT2D eigenvalue weighted by Gasteiger charge is -2.20. The van der Waals surface area contributed by atoms with Crippen molar-refractivity contribution in [2.75, 3.05) is 5.32 Å². The minimum absolute atomic E-state index is 0.0409. The molecule has 1 unspecified atom stereocenters. The van der Waals surface area contributed by atoms with Crippen LogP contribution in [0.25, 0.3) is 0 Å². The number of rotatable bonds is 8. The van der Waals surface area contributed by atoms with Crippen molar-refractivity contribution >= 4 is 17.6 Å². The van der Waals surface area contributed by atoms with Crippen molar-refractivity contribution in [1.29, 1.82) is 0 Å². The van der Waals surface area contributed by atoms with E-state index in [2.05, 4.69) is 17.6 Å². The van der Waals surface area contributed by atoms with E-state index >= 15 is 0 Å². The summed E-state index contributed by atoms with van der Waals surface area (Å²) in [5, 5.41) is 5.29. The fourth-order valence-electron chi connectivity index (χ4n) is 2.24. The van der Waals surface area contributed by atoms with Crippen LogP contribution in [-0.2, 0) is 11.2 Å². The minimum Gasteiger partial charge on any atom is -0.352 e. The van der Waals surface area contributed by atoms with E-state index in [9.17, 15) is 9.59 Å². The van der Waals surface area contributed by atoms with Crippen molar-refractivity contribution in [1.82, 2.24) is 5.32 Å². The van der Waals surface area contributed by atoms with Crippen LogP contribution in [0.4, 0.5) is 10.5 Å². The third-order valence-corrected chi connectivity index (χ3v) is 3.54. The molecule has 0 aromatic heterocycles. The van der Waals surface area contributed by atoms with Crippen LogP contribution in [-0.4, -0.2) is 18.0 Å². The Hall–Kier alpha value is -2.04. The average molecular weight is 305 g/mol. The molecule has 0 fully saturated rings. The SMILES string of the molecule is CCCCCc1ccc(NC(=O)C(NC(N)=O)C(C)C)cc1. The molecule has 0 heterocycles. The van der Waals surface area contributed by atoms with Crippen molar-refractivity contribution in [3.8, 4) is 0 Å². The summed E-state index contributed by atoms with van der Waals surface area (Å²) in [5.74, 6) is -0.298. The quantitative estimate of drug-likeness (QED) is 0.645. The molecule has 0 bridgehead atoms. The van der Waals surface area contributed by atoms with Gasteiger partial charge < -0.3 is 16.4 Å². The van der Waals surface area contributed by atoms with E-state index in [0.717, 1.165) is 12.1 Å². The van der Waals surface area contributed by atoms with E-state index in [0.29, 0.717) is 0 Å². The van der Waals surface area contributed by atoms with Gasteiger partial charge in [-0.05, 0) is 36.5 Å². The van der Waals surface area contributed by atoms with E-state index in [1.54, 1.807) is 0 Å². The van der Waals surface area contributed by atoms with Crippen LogP contribution in [0, 0.1) is 5.92 Å². The van der Waals surface area contributed by atoms with Crippen LogP contribution in [0.2, 0.25) is 0 Å². The molecule has 4 N–H and O–H groups in total. The topological polar surface area (TPSA) is 84.2 Å². The van der Waals surface area contributed by atoms with Gasteiger partial charge in [0.2, 0.25) is 5.91 Å². The number of carbonyl (C=O) groups is 2. The van der Waals surface area contributed by atoms with Gasteiger partial charge in [0.15, 0.2) is 0 Å². The van der Waals surface area contributed by atoms with Crippen molar-refractivity contribution in [2.24, 2.45) is 11.7 Å². The fourth-order valence-corrected chi connectivity index (χ4v) is 2.24. The Morgan fingerprint density at radius 1 is 1.14 bits per heavy atom. The number of nitrogens with one attached hydrogen (secondary N) is 2. The van der Waals surface area contributed by atoms with E-state index in [-0.39, 0.29) is 11.8 Å². The predicted octanol–water partition coefficient (Wildman–Crippen LogP) is 3.05. The maximum Gasteiger partial charge on any atom is 0.312 e. The van der Waals surface area contributed by atoms with E-state index in [1.807, 2.05) is 38.1 Å². The maximum atomic E-state index is 12.2. The first-order valence-electron chi connectivity index (χ1n) is 7.89. The maximum absolute atomic E-state index is 12.2. The highest BCUT2D eigenvalue weighted by Gasteiger charge is 2.23. The summed E-state index contributed by atoms with van der Waals surface area (Å²) in [4.78, 5) is 23.2. The van der Waals surface area contributed by atoms with E-state index < -0.39 is 12.1 Å². The summed E-state index contributed by atoms with van der Waals surface area (Å²) in [6.45, 7) is 5.90. The van der Waals surface area contributed by atoms with Gasteiger partial charge in [-0.15, -0.1) is 0 Å². The van der Waals surface area contributed by atoms with Crippen molar-refractivity contribution < 1.29 is 9.59 Å². The lowest BCUT2D eigenvalue weighted by Crippen LogP contribution is -2.49. The van der Waals surface area contributed by atoms with Gasteiger partial charge in [0.1, 0.15) is 6.04 Å². The normalized spacial score (nSPS) is 12.0. The van der Waals surface area contributed by atoms with Gasteiger partial charge in [-0.25, -0.2) is 4.79 Å². The molecule has 122 valence electrons. The first kappa shape index (κ1) is 18.0. The minimum atomic E-state index is -0.694. The number of hydrogen-bond acceptors (Lipinski definition) is 2. The summed E-state index contributed by atoms with van der Waals surface area (Å²) in [6.07, 6.45) is 4.67. The fraction of sp³-hybridized carbons (Fsp3) is 0.529. The number of anilines is 1. The lowest BCUT2D eigenvalue weighted by molar-refractivity contribution is -0.118. The van der Waals surface area contributed by atoms with Crippen LogP contribution in [0.3, 0.4) is 0 Å². The first-order chi connectivity index (χ1) is 10.4. The van der Waals surface area contributed by atoms with Crippen LogP contribution in [0.5, 0.6) is 0 Å². The second kappa shape index (κ2) is 9.07. The molecule has 1 rings (SSSR count). The third kappa shape index (κ3) is 6.16. The molecule has 1 atom stereocenters. The molecule has 5 heteroatoms. The lowest BCUT2D eigenvalue weighted by atomic mass is 10.0. The largest absolute Gasteiger partial charge is 0.352 e. The molecule has 0 aliphatic carbocycles. The molecular formula is C17H27N3O2. The highest BCUT2D eigenvalue weighted by molar-refractivity contribution is 5.97. The molecule has 1 aromatic carbocycles. The van der Waals surface area contributed by atoms with Gasteiger partial charge in [0.25, 0.3) is 0 Å². The highest BCUT2D eigenvalue weighted by Crippen LogP contribution is 2.13. The monoisotopic (exact) mass is 305 g/mol. The zero-order valence-corrected chi connectivity index (χ0v) is 13.7. The Kier molecular flexibility index (Phi) is 7.43. The Balaban J connectivity index is 2.61. The van der Waals surface area contributed by atoms with Crippen molar-refractivity contribution in [2.45, 2.75) is 52.5 Å². The number of benzene rings is 1. The summed E-state index contributed by atoms with van der Waals surface area (Å²) in [7, 11) is 0. The molecule has 0 aliphatic heterocycles. The second-order valence-electron chi connectivity index (χ2n) is 5.87. The third-order valence-electron chi connectivity index (χ3n) is 3.54. The number of primary amides is 1. The molecule has 0 radical (unpaired) electrons. The summed E-state index contributed by atoms with van der Waals surface area (Å²) in [5.41, 5.74) is 7.10. The van der Waals surface area contributed by atoms with Crippen LogP contribution < -0.4 is 16.4 Å². The second-order valence-corrected chi connectivity index (χ2v) is 5.87. The van der Waals surface area contributed by atoms with Gasteiger partial charge >= 0.3 is 6.03 Å². The van der Waals surface area contributed by atoms with Gasteiger partial charge in [0.05, 0.1) is 0 Å². The summed E-state index contributed by atoms with van der Waals surface area (Å²) >= 11 is 0. The molecule has 0 spiro atoms. The molecular weight excluding hydrogens is 278 g/mol. The molecule has 22 heavy (non-hydrogen) atoms. The van der Waals surface area contributed by atoms with E-state index in [4.69, 9.17) is 5.73 Å². The van der Waals surface area contributed by atoms with Gasteiger partial charge in [-0.1, -0.05) is 45.7 Å².